The second-order valence-electron chi connectivity index (χ2n) is 3.88. The molecule has 2 unspecified atom stereocenters. The lowest BCUT2D eigenvalue weighted by atomic mass is 10.4. The van der Waals surface area contributed by atoms with Crippen LogP contribution >= 0.6 is 23.4 Å². The molecule has 0 spiro atoms. The highest BCUT2D eigenvalue weighted by Crippen LogP contribution is 2.18. The van der Waals surface area contributed by atoms with Gasteiger partial charge in [-0.1, -0.05) is 11.6 Å². The molecule has 0 radical (unpaired) electrons. The summed E-state index contributed by atoms with van der Waals surface area (Å²) in [5.41, 5.74) is 0. The first-order valence-corrected chi connectivity index (χ1v) is 7.01. The van der Waals surface area contributed by atoms with Crippen LogP contribution in [0.3, 0.4) is 0 Å². The summed E-state index contributed by atoms with van der Waals surface area (Å²) in [6, 6.07) is 3.61. The van der Waals surface area contributed by atoms with Crippen molar-refractivity contribution in [2.24, 2.45) is 0 Å². The van der Waals surface area contributed by atoms with Crippen LogP contribution in [0, 0.1) is 0 Å². The van der Waals surface area contributed by atoms with Crippen LogP contribution in [-0.4, -0.2) is 48.4 Å². The molecule has 0 aliphatic rings. The second-order valence-corrected chi connectivity index (χ2v) is 5.36. The fraction of sp³-hybridized carbons (Fsp3) is 0.583. The SMILES string of the molecule is COCC(C)OCC(O)CSc1ccc(Cl)cn1. The number of hydrogen-bond acceptors (Lipinski definition) is 5. The lowest BCUT2D eigenvalue weighted by Gasteiger charge is -2.15. The number of pyridine rings is 1. The predicted molar refractivity (Wildman–Crippen MR) is 73.3 cm³/mol. The van der Waals surface area contributed by atoms with Crippen molar-refractivity contribution >= 4 is 23.4 Å². The van der Waals surface area contributed by atoms with Crippen LogP contribution in [0.25, 0.3) is 0 Å². The van der Waals surface area contributed by atoms with E-state index < -0.39 is 6.10 Å². The largest absolute Gasteiger partial charge is 0.390 e. The van der Waals surface area contributed by atoms with Crippen LogP contribution in [0.5, 0.6) is 0 Å². The topological polar surface area (TPSA) is 51.6 Å². The van der Waals surface area contributed by atoms with Crippen LogP contribution in [-0.2, 0) is 9.47 Å². The zero-order chi connectivity index (χ0) is 13.4. The lowest BCUT2D eigenvalue weighted by Crippen LogP contribution is -2.24. The van der Waals surface area contributed by atoms with Gasteiger partial charge in [0, 0.05) is 19.1 Å². The summed E-state index contributed by atoms with van der Waals surface area (Å²) in [5.74, 6) is 0.536. The Labute approximate surface area is 117 Å². The maximum atomic E-state index is 9.74. The molecule has 0 aliphatic carbocycles. The molecule has 1 rings (SSSR count). The van der Waals surface area contributed by atoms with Gasteiger partial charge in [-0.15, -0.1) is 11.8 Å². The molecule has 6 heteroatoms. The first-order chi connectivity index (χ1) is 8.61. The molecule has 0 saturated heterocycles. The zero-order valence-corrected chi connectivity index (χ0v) is 12.1. The monoisotopic (exact) mass is 291 g/mol. The van der Waals surface area contributed by atoms with Crippen molar-refractivity contribution in [3.63, 3.8) is 0 Å². The molecule has 0 amide bonds. The van der Waals surface area contributed by atoms with Crippen molar-refractivity contribution in [2.75, 3.05) is 26.1 Å². The van der Waals surface area contributed by atoms with E-state index in [1.807, 2.05) is 13.0 Å². The molecule has 0 aliphatic heterocycles. The smallest absolute Gasteiger partial charge is 0.0961 e. The minimum absolute atomic E-state index is 0.0108. The first-order valence-electron chi connectivity index (χ1n) is 5.64. The quantitative estimate of drug-likeness (QED) is 0.745. The first kappa shape index (κ1) is 15.7. The molecular formula is C12H18ClNO3S. The Morgan fingerprint density at radius 2 is 2.22 bits per heavy atom. The number of ether oxygens (including phenoxy) is 2. The highest BCUT2D eigenvalue weighted by atomic mass is 35.5. The van der Waals surface area contributed by atoms with E-state index in [9.17, 15) is 5.11 Å². The summed E-state index contributed by atoms with van der Waals surface area (Å²) in [6.07, 6.45) is 1.06. The van der Waals surface area contributed by atoms with Crippen molar-refractivity contribution in [3.8, 4) is 0 Å². The van der Waals surface area contributed by atoms with E-state index in [2.05, 4.69) is 4.98 Å². The van der Waals surface area contributed by atoms with Gasteiger partial charge in [0.15, 0.2) is 0 Å². The maximum Gasteiger partial charge on any atom is 0.0961 e. The van der Waals surface area contributed by atoms with Crippen LogP contribution in [0.15, 0.2) is 23.4 Å². The van der Waals surface area contributed by atoms with Gasteiger partial charge in [-0.05, 0) is 19.1 Å². The van der Waals surface area contributed by atoms with Gasteiger partial charge in [0.05, 0.1) is 35.5 Å². The third-order valence-corrected chi connectivity index (χ3v) is 3.41. The lowest BCUT2D eigenvalue weighted by molar-refractivity contribution is -0.0257. The third-order valence-electron chi connectivity index (χ3n) is 2.10. The molecular weight excluding hydrogens is 274 g/mol. The third kappa shape index (κ3) is 6.56. The van der Waals surface area contributed by atoms with E-state index in [0.29, 0.717) is 24.0 Å². The highest BCUT2D eigenvalue weighted by molar-refractivity contribution is 7.99. The summed E-state index contributed by atoms with van der Waals surface area (Å²) >= 11 is 7.21. The highest BCUT2D eigenvalue weighted by Gasteiger charge is 2.09. The zero-order valence-electron chi connectivity index (χ0n) is 10.5. The van der Waals surface area contributed by atoms with Gasteiger partial charge in [0.2, 0.25) is 0 Å². The van der Waals surface area contributed by atoms with Crippen LogP contribution in [0.2, 0.25) is 5.02 Å². The van der Waals surface area contributed by atoms with Crippen molar-refractivity contribution in [2.45, 2.75) is 24.2 Å². The van der Waals surface area contributed by atoms with Gasteiger partial charge >= 0.3 is 0 Å². The molecule has 1 aromatic rings. The number of halogens is 1. The van der Waals surface area contributed by atoms with Gasteiger partial charge in [0.1, 0.15) is 0 Å². The van der Waals surface area contributed by atoms with E-state index >= 15 is 0 Å². The number of aliphatic hydroxyl groups excluding tert-OH is 1. The Balaban J connectivity index is 2.20. The Morgan fingerprint density at radius 3 is 2.83 bits per heavy atom. The minimum Gasteiger partial charge on any atom is -0.390 e. The number of thioether (sulfide) groups is 1. The van der Waals surface area contributed by atoms with Crippen LogP contribution in [0.4, 0.5) is 0 Å². The van der Waals surface area contributed by atoms with E-state index in [1.54, 1.807) is 19.4 Å². The molecule has 18 heavy (non-hydrogen) atoms. The Kier molecular flexibility index (Phi) is 7.62. The average Bonchev–Trinajstić information content (AvgIpc) is 2.36. The normalized spacial score (nSPS) is 14.4. The van der Waals surface area contributed by atoms with Crippen molar-refractivity contribution in [1.82, 2.24) is 4.98 Å². The number of hydrogen-bond donors (Lipinski definition) is 1. The summed E-state index contributed by atoms with van der Waals surface area (Å²) in [5, 5.41) is 11.2. The predicted octanol–water partition coefficient (Wildman–Crippen LogP) is 2.24. The molecule has 1 N–H and O–H groups in total. The van der Waals surface area contributed by atoms with Crippen molar-refractivity contribution < 1.29 is 14.6 Å². The molecule has 4 nitrogen and oxygen atoms in total. The molecule has 0 aromatic carbocycles. The molecule has 2 atom stereocenters. The minimum atomic E-state index is -0.521. The number of aromatic nitrogens is 1. The second kappa shape index (κ2) is 8.72. The van der Waals surface area contributed by atoms with E-state index in [1.165, 1.54) is 11.8 Å². The number of aliphatic hydroxyl groups is 1. The van der Waals surface area contributed by atoms with Crippen molar-refractivity contribution in [1.29, 1.82) is 0 Å². The summed E-state index contributed by atoms with van der Waals surface area (Å²) in [6.45, 7) is 2.73. The Morgan fingerprint density at radius 1 is 1.44 bits per heavy atom. The molecule has 0 saturated carbocycles. The van der Waals surface area contributed by atoms with Crippen molar-refractivity contribution in [3.05, 3.63) is 23.4 Å². The van der Waals surface area contributed by atoms with Gasteiger partial charge < -0.3 is 14.6 Å². The fourth-order valence-electron chi connectivity index (χ4n) is 1.24. The molecule has 0 bridgehead atoms. The maximum absolute atomic E-state index is 9.74. The summed E-state index contributed by atoms with van der Waals surface area (Å²) in [7, 11) is 1.62. The average molecular weight is 292 g/mol. The molecule has 1 aromatic heterocycles. The standard InChI is InChI=1S/C12H18ClNO3S/c1-9(6-16-2)17-7-11(15)8-18-12-4-3-10(13)5-14-12/h3-5,9,11,15H,6-8H2,1-2H3. The molecule has 0 fully saturated rings. The molecule has 1 heterocycles. The number of rotatable bonds is 8. The molecule has 102 valence electrons. The van der Waals surface area contributed by atoms with Gasteiger partial charge in [-0.25, -0.2) is 4.98 Å². The fourth-order valence-corrected chi connectivity index (χ4v) is 2.10. The van der Waals surface area contributed by atoms with E-state index in [-0.39, 0.29) is 6.10 Å². The Bertz CT molecular complexity index is 337. The van der Waals surface area contributed by atoms with E-state index in [4.69, 9.17) is 21.1 Å². The summed E-state index contributed by atoms with van der Waals surface area (Å²) in [4.78, 5) is 4.13. The van der Waals surface area contributed by atoms with Gasteiger partial charge in [0.25, 0.3) is 0 Å². The van der Waals surface area contributed by atoms with Gasteiger partial charge in [-0.2, -0.15) is 0 Å². The van der Waals surface area contributed by atoms with Gasteiger partial charge in [-0.3, -0.25) is 0 Å². The summed E-state index contributed by atoms with van der Waals surface area (Å²) < 4.78 is 10.4. The van der Waals surface area contributed by atoms with Crippen LogP contribution < -0.4 is 0 Å². The Hall–Kier alpha value is -0.330. The number of methoxy groups -OCH3 is 1. The number of nitrogens with zero attached hydrogens (tertiary/aromatic N) is 1. The van der Waals surface area contributed by atoms with Crippen LogP contribution in [0.1, 0.15) is 6.92 Å². The van der Waals surface area contributed by atoms with E-state index in [0.717, 1.165) is 5.03 Å².